The minimum absolute atomic E-state index is 0.209. The third-order valence-corrected chi connectivity index (χ3v) is 10.2. The van der Waals surface area contributed by atoms with E-state index in [9.17, 15) is 10.2 Å². The normalized spacial score (nSPS) is 48.3. The van der Waals surface area contributed by atoms with Gasteiger partial charge in [-0.25, -0.2) is 0 Å². The van der Waals surface area contributed by atoms with Gasteiger partial charge in [-0.15, -0.1) is 0 Å². The molecule has 4 aliphatic rings. The van der Waals surface area contributed by atoms with E-state index in [-0.39, 0.29) is 11.5 Å². The van der Waals surface area contributed by atoms with E-state index in [1.165, 1.54) is 25.7 Å². The second-order valence-corrected chi connectivity index (χ2v) is 12.3. The summed E-state index contributed by atoms with van der Waals surface area (Å²) in [6, 6.07) is 0. The largest absolute Gasteiger partial charge is 0.393 e. The first kappa shape index (κ1) is 23.5. The summed E-state index contributed by atoms with van der Waals surface area (Å²) in [7, 11) is 1.72. The first-order chi connectivity index (χ1) is 14.6. The van der Waals surface area contributed by atoms with E-state index in [1.807, 2.05) is 0 Å². The van der Waals surface area contributed by atoms with E-state index >= 15 is 0 Å². The summed E-state index contributed by atoms with van der Waals surface area (Å²) in [5.41, 5.74) is 0.734. The van der Waals surface area contributed by atoms with E-state index in [0.717, 1.165) is 31.1 Å². The van der Waals surface area contributed by atoms with Crippen LogP contribution in [0.5, 0.6) is 0 Å². The van der Waals surface area contributed by atoms with Gasteiger partial charge >= 0.3 is 0 Å². The summed E-state index contributed by atoms with van der Waals surface area (Å²) >= 11 is 0. The van der Waals surface area contributed by atoms with Crippen molar-refractivity contribution in [1.82, 2.24) is 0 Å². The Morgan fingerprint density at radius 3 is 2.52 bits per heavy atom. The van der Waals surface area contributed by atoms with Crippen LogP contribution < -0.4 is 0 Å². The molecule has 4 rings (SSSR count). The van der Waals surface area contributed by atoms with Gasteiger partial charge in [0.2, 0.25) is 0 Å². The topological polar surface area (TPSA) is 49.7 Å². The molecule has 31 heavy (non-hydrogen) atoms. The van der Waals surface area contributed by atoms with Gasteiger partial charge < -0.3 is 14.9 Å². The minimum atomic E-state index is -0.966. The summed E-state index contributed by atoms with van der Waals surface area (Å²) < 4.78 is 5.91. The summed E-state index contributed by atoms with van der Waals surface area (Å²) in [6.45, 7) is 11.8. The first-order valence-corrected chi connectivity index (χ1v) is 12.9. The highest BCUT2D eigenvalue weighted by Crippen LogP contribution is 2.67. The smallest absolute Gasteiger partial charge is 0.105 e. The van der Waals surface area contributed by atoms with Crippen LogP contribution in [0.15, 0.2) is 23.8 Å². The number of allylic oxidation sites excluding steroid dienone is 3. The zero-order chi connectivity index (χ0) is 22.6. The molecule has 2 N–H and O–H groups in total. The molecule has 9 atom stereocenters. The lowest BCUT2D eigenvalue weighted by Crippen LogP contribution is -2.65. The van der Waals surface area contributed by atoms with Crippen LogP contribution in [0.25, 0.3) is 0 Å². The lowest BCUT2D eigenvalue weighted by Gasteiger charge is -2.62. The van der Waals surface area contributed by atoms with Gasteiger partial charge in [0.15, 0.2) is 0 Å². The molecule has 3 saturated carbocycles. The molecule has 0 radical (unpaired) electrons. The predicted molar refractivity (Wildman–Crippen MR) is 127 cm³/mol. The molecule has 4 aliphatic carbocycles. The molecule has 0 bridgehead atoms. The van der Waals surface area contributed by atoms with Crippen LogP contribution in [0.1, 0.15) is 86.0 Å². The van der Waals surface area contributed by atoms with Crippen molar-refractivity contribution in [3.8, 4) is 0 Å². The van der Waals surface area contributed by atoms with E-state index < -0.39 is 11.7 Å². The maximum Gasteiger partial charge on any atom is 0.105 e. The molecule has 0 heterocycles. The SMILES string of the molecule is CO[C@@H]1C=C2[C@@H]3CC[C@H]([C@H](C)/C=C/CC(C)C)[C@@]3(C)CC[C@@H]2[C@@]2(C)CC[C@H](O)C[C@]12O. The lowest BCUT2D eigenvalue weighted by atomic mass is 9.45. The Labute approximate surface area is 190 Å². The average Bonchev–Trinajstić information content (AvgIpc) is 3.05. The van der Waals surface area contributed by atoms with E-state index in [0.29, 0.717) is 29.6 Å². The van der Waals surface area contributed by atoms with Crippen LogP contribution in [0.4, 0.5) is 0 Å². The molecule has 3 fully saturated rings. The average molecular weight is 431 g/mol. The molecular weight excluding hydrogens is 384 g/mol. The zero-order valence-corrected chi connectivity index (χ0v) is 20.7. The number of rotatable bonds is 5. The Bertz CT molecular complexity index is 726. The molecule has 0 unspecified atom stereocenters. The Hall–Kier alpha value is -0.640. The summed E-state index contributed by atoms with van der Waals surface area (Å²) in [5, 5.41) is 22.3. The van der Waals surface area contributed by atoms with Crippen molar-refractivity contribution in [3.63, 3.8) is 0 Å². The van der Waals surface area contributed by atoms with Crippen LogP contribution in [0.2, 0.25) is 0 Å². The van der Waals surface area contributed by atoms with Crippen molar-refractivity contribution < 1.29 is 14.9 Å². The fraction of sp³-hybridized carbons (Fsp3) is 0.857. The Balaban J connectivity index is 1.64. The molecule has 3 heteroatoms. The van der Waals surface area contributed by atoms with Gasteiger partial charge in [0.05, 0.1) is 6.10 Å². The first-order valence-electron chi connectivity index (χ1n) is 12.9. The number of hydrogen-bond acceptors (Lipinski definition) is 3. The highest BCUT2D eigenvalue weighted by molar-refractivity contribution is 5.33. The lowest BCUT2D eigenvalue weighted by molar-refractivity contribution is -0.216. The third-order valence-electron chi connectivity index (χ3n) is 10.2. The number of aliphatic hydroxyl groups excluding tert-OH is 1. The van der Waals surface area contributed by atoms with Crippen molar-refractivity contribution in [3.05, 3.63) is 23.8 Å². The summed E-state index contributed by atoms with van der Waals surface area (Å²) in [6.07, 6.45) is 14.7. The second-order valence-electron chi connectivity index (χ2n) is 12.3. The second kappa shape index (κ2) is 8.29. The monoisotopic (exact) mass is 430 g/mol. The van der Waals surface area contributed by atoms with E-state index in [4.69, 9.17) is 4.74 Å². The van der Waals surface area contributed by atoms with Gasteiger partial charge in [-0.2, -0.15) is 0 Å². The highest BCUT2D eigenvalue weighted by atomic mass is 16.5. The maximum absolute atomic E-state index is 11.9. The highest BCUT2D eigenvalue weighted by Gasteiger charge is 2.65. The number of hydrogen-bond donors (Lipinski definition) is 2. The van der Waals surface area contributed by atoms with Crippen LogP contribution in [0, 0.1) is 40.4 Å². The van der Waals surface area contributed by atoms with E-state index in [1.54, 1.807) is 12.7 Å². The number of ether oxygens (including phenoxy) is 1. The van der Waals surface area contributed by atoms with Crippen LogP contribution in [-0.4, -0.2) is 35.1 Å². The molecule has 0 saturated heterocycles. The number of aliphatic hydroxyl groups is 2. The maximum atomic E-state index is 11.9. The Morgan fingerprint density at radius 2 is 1.84 bits per heavy atom. The summed E-state index contributed by atoms with van der Waals surface area (Å²) in [4.78, 5) is 0. The van der Waals surface area contributed by atoms with Crippen LogP contribution in [0.3, 0.4) is 0 Å². The molecule has 0 spiro atoms. The van der Waals surface area contributed by atoms with Gasteiger partial charge in [-0.05, 0) is 80.0 Å². The fourth-order valence-electron chi connectivity index (χ4n) is 8.39. The van der Waals surface area contributed by atoms with Gasteiger partial charge in [0, 0.05) is 18.9 Å². The fourth-order valence-corrected chi connectivity index (χ4v) is 8.39. The van der Waals surface area contributed by atoms with Crippen molar-refractivity contribution in [2.45, 2.75) is 104 Å². The van der Waals surface area contributed by atoms with Crippen molar-refractivity contribution in [1.29, 1.82) is 0 Å². The minimum Gasteiger partial charge on any atom is -0.393 e. The quantitative estimate of drug-likeness (QED) is 0.534. The molecule has 3 nitrogen and oxygen atoms in total. The molecule has 0 aromatic carbocycles. The summed E-state index contributed by atoms with van der Waals surface area (Å²) in [5.74, 6) is 3.08. The molecule has 176 valence electrons. The number of fused-ring (bicyclic) bond motifs is 5. The number of methoxy groups -OCH3 is 1. The predicted octanol–water partition coefficient (Wildman–Crippen LogP) is 5.90. The van der Waals surface area contributed by atoms with Gasteiger partial charge in [0.25, 0.3) is 0 Å². The van der Waals surface area contributed by atoms with Gasteiger partial charge in [-0.1, -0.05) is 58.4 Å². The Morgan fingerprint density at radius 1 is 1.10 bits per heavy atom. The van der Waals surface area contributed by atoms with Gasteiger partial charge in [0.1, 0.15) is 11.7 Å². The van der Waals surface area contributed by atoms with Gasteiger partial charge in [-0.3, -0.25) is 0 Å². The molecule has 0 aliphatic heterocycles. The molecule has 0 aromatic rings. The molecule has 0 amide bonds. The zero-order valence-electron chi connectivity index (χ0n) is 20.7. The Kier molecular flexibility index (Phi) is 6.29. The standard InChI is InChI=1S/C28H46O3/c1-18(2)8-7-9-19(3)22-10-11-23-21-16-25(31-6)28(30)17-20(29)12-15-27(28,5)24(21)13-14-26(22,23)4/h7,9,16,18-20,22-25,29-30H,8,10-15,17H2,1-6H3/b9-7+/t19-,20+,22-,23+,24+,25-,26-,27-,28+/m1/s1. The third kappa shape index (κ3) is 3.58. The van der Waals surface area contributed by atoms with Crippen molar-refractivity contribution in [2.24, 2.45) is 40.4 Å². The van der Waals surface area contributed by atoms with Crippen LogP contribution in [-0.2, 0) is 4.74 Å². The van der Waals surface area contributed by atoms with Crippen LogP contribution >= 0.6 is 0 Å². The van der Waals surface area contributed by atoms with E-state index in [2.05, 4.69) is 52.8 Å². The molecular formula is C28H46O3. The van der Waals surface area contributed by atoms with Crippen molar-refractivity contribution in [2.75, 3.05) is 7.11 Å². The molecule has 0 aromatic heterocycles. The van der Waals surface area contributed by atoms with Crippen molar-refractivity contribution >= 4 is 0 Å².